The van der Waals surface area contributed by atoms with Gasteiger partial charge in [-0.05, 0) is 50.5 Å². The van der Waals surface area contributed by atoms with E-state index in [1.807, 2.05) is 12.3 Å². The Bertz CT molecular complexity index is 313. The smallest absolute Gasteiger partial charge is 0.0543 e. The summed E-state index contributed by atoms with van der Waals surface area (Å²) in [5, 5.41) is 3.46. The molecular weight excluding hydrogens is 210 g/mol. The summed E-state index contributed by atoms with van der Waals surface area (Å²) in [6.07, 6.45) is 4.57. The van der Waals surface area contributed by atoms with Crippen molar-refractivity contribution < 1.29 is 0 Å². The lowest BCUT2D eigenvalue weighted by atomic mass is 9.98. The van der Waals surface area contributed by atoms with E-state index in [9.17, 15) is 0 Å². The fourth-order valence-corrected chi connectivity index (χ4v) is 2.53. The maximum absolute atomic E-state index is 4.40. The highest BCUT2D eigenvalue weighted by Crippen LogP contribution is 2.17. The molecule has 0 aliphatic carbocycles. The van der Waals surface area contributed by atoms with Crippen molar-refractivity contribution in [2.45, 2.75) is 26.3 Å². The zero-order chi connectivity index (χ0) is 11.9. The summed E-state index contributed by atoms with van der Waals surface area (Å²) in [6.45, 7) is 7.85. The lowest BCUT2D eigenvalue weighted by Crippen LogP contribution is -2.39. The first-order chi connectivity index (χ1) is 8.38. The van der Waals surface area contributed by atoms with Gasteiger partial charge in [0.2, 0.25) is 0 Å². The predicted octanol–water partition coefficient (Wildman–Crippen LogP) is 1.90. The summed E-state index contributed by atoms with van der Waals surface area (Å²) < 4.78 is 0. The molecule has 1 N–H and O–H groups in total. The fourth-order valence-electron chi connectivity index (χ4n) is 2.53. The number of rotatable bonds is 5. The number of pyridine rings is 1. The lowest BCUT2D eigenvalue weighted by molar-refractivity contribution is 0.164. The number of nitrogens with zero attached hydrogens (tertiary/aromatic N) is 2. The van der Waals surface area contributed by atoms with Crippen molar-refractivity contribution in [2.75, 3.05) is 26.2 Å². The zero-order valence-electron chi connectivity index (χ0n) is 10.7. The van der Waals surface area contributed by atoms with Gasteiger partial charge in [0.15, 0.2) is 0 Å². The predicted molar refractivity (Wildman–Crippen MR) is 70.8 cm³/mol. The van der Waals surface area contributed by atoms with Crippen molar-refractivity contribution in [1.29, 1.82) is 0 Å². The van der Waals surface area contributed by atoms with Gasteiger partial charge in [0, 0.05) is 19.3 Å². The second-order valence-corrected chi connectivity index (χ2v) is 4.87. The van der Waals surface area contributed by atoms with Gasteiger partial charge in [-0.15, -0.1) is 0 Å². The molecule has 0 amide bonds. The minimum Gasteiger partial charge on any atom is -0.317 e. The van der Waals surface area contributed by atoms with Crippen LogP contribution in [0.15, 0.2) is 24.4 Å². The Morgan fingerprint density at radius 3 is 3.18 bits per heavy atom. The quantitative estimate of drug-likeness (QED) is 0.842. The van der Waals surface area contributed by atoms with Gasteiger partial charge in [0.25, 0.3) is 0 Å². The van der Waals surface area contributed by atoms with Crippen LogP contribution in [0.2, 0.25) is 0 Å². The van der Waals surface area contributed by atoms with Gasteiger partial charge in [-0.2, -0.15) is 0 Å². The molecule has 1 aliphatic rings. The van der Waals surface area contributed by atoms with Crippen LogP contribution in [0.5, 0.6) is 0 Å². The Balaban J connectivity index is 1.81. The number of aromatic nitrogens is 1. The van der Waals surface area contributed by atoms with Crippen LogP contribution in [0.3, 0.4) is 0 Å². The lowest BCUT2D eigenvalue weighted by Gasteiger charge is -2.32. The number of nitrogens with one attached hydrogen (secondary N) is 1. The molecule has 0 spiro atoms. The van der Waals surface area contributed by atoms with Crippen LogP contribution < -0.4 is 5.32 Å². The largest absolute Gasteiger partial charge is 0.317 e. The van der Waals surface area contributed by atoms with Crippen LogP contribution >= 0.6 is 0 Å². The first-order valence-corrected chi connectivity index (χ1v) is 6.71. The molecule has 3 heteroatoms. The average molecular weight is 233 g/mol. The van der Waals surface area contributed by atoms with Gasteiger partial charge < -0.3 is 5.32 Å². The van der Waals surface area contributed by atoms with Gasteiger partial charge in [-0.25, -0.2) is 0 Å². The van der Waals surface area contributed by atoms with E-state index in [-0.39, 0.29) is 0 Å². The van der Waals surface area contributed by atoms with Crippen LogP contribution in [0.25, 0.3) is 0 Å². The molecule has 0 radical (unpaired) electrons. The number of hydrogen-bond acceptors (Lipinski definition) is 3. The van der Waals surface area contributed by atoms with Crippen molar-refractivity contribution in [3.8, 4) is 0 Å². The summed E-state index contributed by atoms with van der Waals surface area (Å²) in [5.74, 6) is 0.812. The monoisotopic (exact) mass is 233 g/mol. The van der Waals surface area contributed by atoms with Crippen molar-refractivity contribution in [1.82, 2.24) is 15.2 Å². The van der Waals surface area contributed by atoms with Crippen molar-refractivity contribution in [2.24, 2.45) is 5.92 Å². The molecule has 0 aromatic carbocycles. The fraction of sp³-hybridized carbons (Fsp3) is 0.643. The molecule has 1 atom stereocenters. The molecule has 94 valence electrons. The van der Waals surface area contributed by atoms with E-state index in [0.29, 0.717) is 0 Å². The van der Waals surface area contributed by atoms with Crippen LogP contribution in [-0.4, -0.2) is 36.1 Å². The Morgan fingerprint density at radius 1 is 1.47 bits per heavy atom. The molecule has 2 heterocycles. The van der Waals surface area contributed by atoms with Crippen LogP contribution in [0, 0.1) is 5.92 Å². The molecule has 0 bridgehead atoms. The van der Waals surface area contributed by atoms with Gasteiger partial charge in [-0.1, -0.05) is 13.0 Å². The maximum atomic E-state index is 4.40. The summed E-state index contributed by atoms with van der Waals surface area (Å²) in [7, 11) is 0. The summed E-state index contributed by atoms with van der Waals surface area (Å²) in [4.78, 5) is 6.94. The first kappa shape index (κ1) is 12.5. The minimum atomic E-state index is 0.812. The second-order valence-electron chi connectivity index (χ2n) is 4.87. The minimum absolute atomic E-state index is 0.812. The maximum Gasteiger partial charge on any atom is 0.0543 e. The Hall–Kier alpha value is -0.930. The molecular formula is C14H23N3. The van der Waals surface area contributed by atoms with E-state index in [0.717, 1.165) is 25.6 Å². The van der Waals surface area contributed by atoms with Crippen molar-refractivity contribution in [3.63, 3.8) is 0 Å². The molecule has 1 saturated heterocycles. The van der Waals surface area contributed by atoms with Crippen LogP contribution in [0.4, 0.5) is 0 Å². The topological polar surface area (TPSA) is 28.2 Å². The van der Waals surface area contributed by atoms with E-state index in [4.69, 9.17) is 0 Å². The molecule has 1 unspecified atom stereocenters. The molecule has 1 aromatic heterocycles. The Morgan fingerprint density at radius 2 is 2.41 bits per heavy atom. The number of likely N-dealkylation sites (tertiary alicyclic amines) is 1. The summed E-state index contributed by atoms with van der Waals surface area (Å²) >= 11 is 0. The second kappa shape index (κ2) is 6.72. The molecule has 3 nitrogen and oxygen atoms in total. The standard InChI is InChI=1S/C14H23N3/c1-2-15-10-13-6-5-9-17(11-13)12-14-7-3-4-8-16-14/h3-4,7-8,13,15H,2,5-6,9-12H2,1H3. The number of hydrogen-bond donors (Lipinski definition) is 1. The first-order valence-electron chi connectivity index (χ1n) is 6.71. The molecule has 1 aliphatic heterocycles. The van der Waals surface area contributed by atoms with Crippen molar-refractivity contribution >= 4 is 0 Å². The highest BCUT2D eigenvalue weighted by molar-refractivity contribution is 5.03. The summed E-state index contributed by atoms with van der Waals surface area (Å²) in [5.41, 5.74) is 1.19. The van der Waals surface area contributed by atoms with Gasteiger partial charge in [0.1, 0.15) is 0 Å². The third-order valence-electron chi connectivity index (χ3n) is 3.40. The molecule has 1 fully saturated rings. The highest BCUT2D eigenvalue weighted by Gasteiger charge is 2.19. The highest BCUT2D eigenvalue weighted by atomic mass is 15.1. The Kier molecular flexibility index (Phi) is 4.95. The molecule has 1 aromatic rings. The molecule has 0 saturated carbocycles. The third-order valence-corrected chi connectivity index (χ3v) is 3.40. The zero-order valence-corrected chi connectivity index (χ0v) is 10.7. The van der Waals surface area contributed by atoms with E-state index in [2.05, 4.69) is 34.3 Å². The van der Waals surface area contributed by atoms with E-state index in [1.165, 1.54) is 31.6 Å². The van der Waals surface area contributed by atoms with Crippen LogP contribution in [-0.2, 0) is 6.54 Å². The van der Waals surface area contributed by atoms with Crippen LogP contribution in [0.1, 0.15) is 25.5 Å². The van der Waals surface area contributed by atoms with Crippen molar-refractivity contribution in [3.05, 3.63) is 30.1 Å². The normalized spacial score (nSPS) is 21.6. The average Bonchev–Trinajstić information content (AvgIpc) is 2.38. The SMILES string of the molecule is CCNCC1CCCN(Cc2ccccn2)C1. The van der Waals surface area contributed by atoms with E-state index in [1.54, 1.807) is 0 Å². The Labute approximate surface area is 104 Å². The van der Waals surface area contributed by atoms with Gasteiger partial charge in [0.05, 0.1) is 5.69 Å². The van der Waals surface area contributed by atoms with E-state index >= 15 is 0 Å². The van der Waals surface area contributed by atoms with Gasteiger partial charge >= 0.3 is 0 Å². The molecule has 2 rings (SSSR count). The number of piperidine rings is 1. The third kappa shape index (κ3) is 4.10. The van der Waals surface area contributed by atoms with Gasteiger partial charge in [-0.3, -0.25) is 9.88 Å². The summed E-state index contributed by atoms with van der Waals surface area (Å²) in [6, 6.07) is 6.17. The van der Waals surface area contributed by atoms with E-state index < -0.39 is 0 Å². The molecule has 17 heavy (non-hydrogen) atoms.